The van der Waals surface area contributed by atoms with Crippen LogP contribution in [0.15, 0.2) is 53.6 Å². The summed E-state index contributed by atoms with van der Waals surface area (Å²) in [5.41, 5.74) is 3.13. The lowest BCUT2D eigenvalue weighted by Gasteiger charge is -2.09. The molecule has 1 aliphatic rings. The zero-order chi connectivity index (χ0) is 22.5. The van der Waals surface area contributed by atoms with Gasteiger partial charge in [0.05, 0.1) is 11.3 Å². The smallest absolute Gasteiger partial charge is 0.332 e. The first-order valence-electron chi connectivity index (χ1n) is 10.6. The second-order valence-electron chi connectivity index (χ2n) is 8.14. The summed E-state index contributed by atoms with van der Waals surface area (Å²) in [7, 11) is 2.02. The van der Waals surface area contributed by atoms with E-state index < -0.39 is 11.7 Å². The van der Waals surface area contributed by atoms with Crippen molar-refractivity contribution in [3.05, 3.63) is 76.0 Å². The molecule has 0 bridgehead atoms. The van der Waals surface area contributed by atoms with Crippen LogP contribution in [0.25, 0.3) is 28.1 Å². The number of hydrogen-bond donors (Lipinski definition) is 0. The molecule has 0 fully saturated rings. The molecule has 0 spiro atoms. The van der Waals surface area contributed by atoms with Crippen LogP contribution in [-0.4, -0.2) is 19.1 Å². The molecule has 5 rings (SSSR count). The molecule has 164 valence electrons. The number of alkyl halides is 3. The Balaban J connectivity index is 1.52. The Labute approximate surface area is 182 Å². The van der Waals surface area contributed by atoms with Crippen molar-refractivity contribution in [3.63, 3.8) is 0 Å². The van der Waals surface area contributed by atoms with Gasteiger partial charge < -0.3 is 4.57 Å². The van der Waals surface area contributed by atoms with E-state index in [1.807, 2.05) is 19.2 Å². The van der Waals surface area contributed by atoms with Crippen LogP contribution in [0.2, 0.25) is 0 Å². The van der Waals surface area contributed by atoms with Gasteiger partial charge in [-0.1, -0.05) is 6.42 Å². The number of rotatable bonds is 2. The largest absolute Gasteiger partial charge is 0.417 e. The fraction of sp³-hybridized carbons (Fsp3) is 0.292. The summed E-state index contributed by atoms with van der Waals surface area (Å²) in [4.78, 5) is 21.4. The van der Waals surface area contributed by atoms with Crippen LogP contribution in [0, 0.1) is 0 Å². The first-order valence-corrected chi connectivity index (χ1v) is 10.6. The Morgan fingerprint density at radius 1 is 1.00 bits per heavy atom. The second kappa shape index (κ2) is 7.62. The summed E-state index contributed by atoms with van der Waals surface area (Å²) in [5, 5.41) is 1.13. The van der Waals surface area contributed by atoms with Crippen molar-refractivity contribution in [3.8, 4) is 17.1 Å². The fourth-order valence-electron chi connectivity index (χ4n) is 4.48. The summed E-state index contributed by atoms with van der Waals surface area (Å²) < 4.78 is 41.8. The maximum Gasteiger partial charge on any atom is 0.417 e. The molecule has 0 atom stereocenters. The van der Waals surface area contributed by atoms with E-state index in [9.17, 15) is 18.0 Å². The van der Waals surface area contributed by atoms with Gasteiger partial charge in [0.15, 0.2) is 0 Å². The lowest BCUT2D eigenvalue weighted by molar-refractivity contribution is -0.137. The quantitative estimate of drug-likeness (QED) is 0.411. The van der Waals surface area contributed by atoms with Crippen molar-refractivity contribution in [1.29, 1.82) is 0 Å². The van der Waals surface area contributed by atoms with Gasteiger partial charge in [-0.25, -0.2) is 4.98 Å². The van der Waals surface area contributed by atoms with Crippen molar-refractivity contribution < 1.29 is 13.2 Å². The molecule has 0 saturated carbocycles. The topological polar surface area (TPSA) is 52.7 Å². The zero-order valence-corrected chi connectivity index (χ0v) is 17.5. The summed E-state index contributed by atoms with van der Waals surface area (Å²) in [6, 6.07) is 9.11. The Hall–Kier alpha value is -3.42. The molecular weight excluding hydrogens is 417 g/mol. The maximum absolute atomic E-state index is 12.8. The third-order valence-electron chi connectivity index (χ3n) is 6.15. The Morgan fingerprint density at radius 3 is 2.53 bits per heavy atom. The van der Waals surface area contributed by atoms with Crippen LogP contribution in [0.1, 0.15) is 36.1 Å². The Kier molecular flexibility index (Phi) is 4.87. The normalized spacial score (nSPS) is 14.4. The van der Waals surface area contributed by atoms with Crippen LogP contribution < -0.4 is 5.56 Å². The monoisotopic (exact) mass is 438 g/mol. The number of aryl methyl sites for hydroxylation is 2. The van der Waals surface area contributed by atoms with E-state index in [1.165, 1.54) is 47.2 Å². The van der Waals surface area contributed by atoms with Gasteiger partial charge in [-0.3, -0.25) is 14.3 Å². The minimum absolute atomic E-state index is 0.303. The van der Waals surface area contributed by atoms with Crippen molar-refractivity contribution in [2.24, 2.45) is 7.05 Å². The molecule has 4 aromatic heterocycles. The van der Waals surface area contributed by atoms with Crippen molar-refractivity contribution in [2.45, 2.75) is 38.3 Å². The Bertz CT molecular complexity index is 1370. The number of pyridine rings is 3. The number of aromatic nitrogens is 4. The molecule has 0 radical (unpaired) electrons. The van der Waals surface area contributed by atoms with Gasteiger partial charge in [0.25, 0.3) is 5.56 Å². The van der Waals surface area contributed by atoms with E-state index in [4.69, 9.17) is 4.98 Å². The highest BCUT2D eigenvalue weighted by atomic mass is 19.4. The Morgan fingerprint density at radius 2 is 1.81 bits per heavy atom. The van der Waals surface area contributed by atoms with E-state index in [-0.39, 0.29) is 5.56 Å². The molecule has 0 aromatic carbocycles. The van der Waals surface area contributed by atoms with Crippen LogP contribution in [0.3, 0.4) is 0 Å². The van der Waals surface area contributed by atoms with E-state index in [0.717, 1.165) is 36.1 Å². The number of hydrogen-bond acceptors (Lipinski definition) is 3. The molecule has 1 aliphatic carbocycles. The molecule has 0 amide bonds. The van der Waals surface area contributed by atoms with Crippen LogP contribution in [-0.2, 0) is 26.1 Å². The summed E-state index contributed by atoms with van der Waals surface area (Å²) in [6.45, 7) is 0. The molecule has 4 heterocycles. The number of fused-ring (bicyclic) bond motifs is 3. The van der Waals surface area contributed by atoms with Crippen LogP contribution in [0.4, 0.5) is 13.2 Å². The van der Waals surface area contributed by atoms with Gasteiger partial charge in [-0.05, 0) is 61.6 Å². The molecule has 0 aliphatic heterocycles. The average Bonchev–Trinajstić information content (AvgIpc) is 2.93. The number of halogens is 3. The minimum atomic E-state index is -4.45. The molecule has 0 N–H and O–H groups in total. The SMILES string of the molecule is Cn1c2c(c3ccc(-n4ccc(-c5ccc(C(F)(F)F)cn5)cc4=O)nc31)CCCCC2. The first-order chi connectivity index (χ1) is 15.3. The van der Waals surface area contributed by atoms with Crippen molar-refractivity contribution in [2.75, 3.05) is 0 Å². The standard InChI is InChI=1S/C24H21F3N4O/c1-30-20-6-4-2-3-5-17(20)18-8-10-21(29-23(18)30)31-12-11-15(13-22(31)32)19-9-7-16(14-28-19)24(25,26)27/h7-14H,2-6H2,1H3. The lowest BCUT2D eigenvalue weighted by Crippen LogP contribution is -2.18. The molecule has 5 nitrogen and oxygen atoms in total. The van der Waals surface area contributed by atoms with E-state index in [1.54, 1.807) is 12.3 Å². The molecule has 32 heavy (non-hydrogen) atoms. The zero-order valence-electron chi connectivity index (χ0n) is 17.5. The van der Waals surface area contributed by atoms with Gasteiger partial charge in [0.2, 0.25) is 0 Å². The van der Waals surface area contributed by atoms with Crippen molar-refractivity contribution in [1.82, 2.24) is 19.1 Å². The molecule has 0 unspecified atom stereocenters. The van der Waals surface area contributed by atoms with E-state index in [0.29, 0.717) is 17.1 Å². The molecule has 8 heteroatoms. The van der Waals surface area contributed by atoms with E-state index >= 15 is 0 Å². The minimum Gasteiger partial charge on any atom is -0.332 e. The molecule has 4 aromatic rings. The highest BCUT2D eigenvalue weighted by molar-refractivity contribution is 5.83. The summed E-state index contributed by atoms with van der Waals surface area (Å²) in [6.07, 6.45) is 3.56. The van der Waals surface area contributed by atoms with Gasteiger partial charge in [-0.15, -0.1) is 0 Å². The highest BCUT2D eigenvalue weighted by Crippen LogP contribution is 2.31. The third-order valence-corrected chi connectivity index (χ3v) is 6.15. The summed E-state index contributed by atoms with van der Waals surface area (Å²) in [5.74, 6) is 0.505. The van der Waals surface area contributed by atoms with Gasteiger partial charge >= 0.3 is 6.18 Å². The summed E-state index contributed by atoms with van der Waals surface area (Å²) >= 11 is 0. The first kappa shape index (κ1) is 20.5. The highest BCUT2D eigenvalue weighted by Gasteiger charge is 2.30. The predicted molar refractivity (Wildman–Crippen MR) is 116 cm³/mol. The van der Waals surface area contributed by atoms with E-state index in [2.05, 4.69) is 9.55 Å². The maximum atomic E-state index is 12.8. The lowest BCUT2D eigenvalue weighted by atomic mass is 10.1. The second-order valence-corrected chi connectivity index (χ2v) is 8.14. The molecular formula is C24H21F3N4O. The van der Waals surface area contributed by atoms with Crippen molar-refractivity contribution >= 4 is 11.0 Å². The predicted octanol–water partition coefficient (Wildman–Crippen LogP) is 5.07. The van der Waals surface area contributed by atoms with Gasteiger partial charge in [0.1, 0.15) is 11.5 Å². The fourth-order valence-corrected chi connectivity index (χ4v) is 4.48. The number of nitrogens with zero attached hydrogens (tertiary/aromatic N) is 4. The van der Waals surface area contributed by atoms with Crippen LogP contribution >= 0.6 is 0 Å². The van der Waals surface area contributed by atoms with Gasteiger partial charge in [0, 0.05) is 42.2 Å². The molecule has 0 saturated heterocycles. The third kappa shape index (κ3) is 3.49. The van der Waals surface area contributed by atoms with Crippen LogP contribution in [0.5, 0.6) is 0 Å². The van der Waals surface area contributed by atoms with Gasteiger partial charge in [-0.2, -0.15) is 13.2 Å². The average molecular weight is 438 g/mol.